The van der Waals surface area contributed by atoms with Gasteiger partial charge < -0.3 is 5.11 Å². The van der Waals surface area contributed by atoms with Crippen molar-refractivity contribution in [3.05, 3.63) is 39.5 Å². The lowest BCUT2D eigenvalue weighted by Crippen LogP contribution is -2.05. The summed E-state index contributed by atoms with van der Waals surface area (Å²) in [4.78, 5) is 11.2. The molecule has 3 rings (SSSR count). The molecular formula is C15H15BrN2O2. The highest BCUT2D eigenvalue weighted by Gasteiger charge is 2.21. The number of hydrogen-bond acceptors (Lipinski definition) is 2. The third-order valence-corrected chi connectivity index (χ3v) is 4.57. The first-order valence-electron chi connectivity index (χ1n) is 6.66. The molecule has 0 saturated heterocycles. The summed E-state index contributed by atoms with van der Waals surface area (Å²) in [7, 11) is 1.65. The van der Waals surface area contributed by atoms with E-state index in [0.29, 0.717) is 10.2 Å². The van der Waals surface area contributed by atoms with E-state index in [-0.39, 0.29) is 5.69 Å². The first kappa shape index (κ1) is 13.4. The molecule has 0 fully saturated rings. The number of nitrogens with zero attached hydrogens (tertiary/aromatic N) is 2. The molecule has 20 heavy (non-hydrogen) atoms. The highest BCUT2D eigenvalue weighted by atomic mass is 79.9. The summed E-state index contributed by atoms with van der Waals surface area (Å²) in [6, 6.07) is 6.32. The smallest absolute Gasteiger partial charge is 0.355 e. The third-order valence-electron chi connectivity index (χ3n) is 3.81. The number of fused-ring (bicyclic) bond motifs is 1. The van der Waals surface area contributed by atoms with Crippen molar-refractivity contribution >= 4 is 21.9 Å². The standard InChI is InChI=1S/C15H15BrN2O2/c1-18-14(15(19)20)12(16)13(17-18)11-7-6-9-4-2-3-5-10(9)8-11/h6-8H,2-5H2,1H3,(H,19,20). The van der Waals surface area contributed by atoms with Gasteiger partial charge >= 0.3 is 5.97 Å². The number of aryl methyl sites for hydroxylation is 3. The van der Waals surface area contributed by atoms with Crippen LogP contribution in [0.3, 0.4) is 0 Å². The molecular weight excluding hydrogens is 320 g/mol. The fourth-order valence-electron chi connectivity index (χ4n) is 2.80. The Kier molecular flexibility index (Phi) is 3.38. The molecule has 0 spiro atoms. The van der Waals surface area contributed by atoms with Crippen molar-refractivity contribution in [2.45, 2.75) is 25.7 Å². The van der Waals surface area contributed by atoms with Crippen molar-refractivity contribution in [1.29, 1.82) is 0 Å². The van der Waals surface area contributed by atoms with Crippen LogP contribution in [0.15, 0.2) is 22.7 Å². The highest BCUT2D eigenvalue weighted by molar-refractivity contribution is 9.10. The van der Waals surface area contributed by atoms with Crippen molar-refractivity contribution < 1.29 is 9.90 Å². The largest absolute Gasteiger partial charge is 0.476 e. The van der Waals surface area contributed by atoms with E-state index in [1.165, 1.54) is 28.7 Å². The second-order valence-corrected chi connectivity index (χ2v) is 5.92. The minimum atomic E-state index is -0.976. The molecule has 0 amide bonds. The van der Waals surface area contributed by atoms with Gasteiger partial charge in [0.15, 0.2) is 5.69 Å². The van der Waals surface area contributed by atoms with Crippen molar-refractivity contribution in [1.82, 2.24) is 9.78 Å². The lowest BCUT2D eigenvalue weighted by Gasteiger charge is -2.16. The summed E-state index contributed by atoms with van der Waals surface area (Å²) in [5.74, 6) is -0.976. The minimum Gasteiger partial charge on any atom is -0.476 e. The van der Waals surface area contributed by atoms with Gasteiger partial charge in [-0.15, -0.1) is 0 Å². The summed E-state index contributed by atoms with van der Waals surface area (Å²) in [6.07, 6.45) is 4.71. The molecule has 104 valence electrons. The molecule has 1 aliphatic rings. The summed E-state index contributed by atoms with van der Waals surface area (Å²) in [6.45, 7) is 0. The van der Waals surface area contributed by atoms with Crippen molar-refractivity contribution in [3.63, 3.8) is 0 Å². The number of benzene rings is 1. The van der Waals surface area contributed by atoms with Crippen molar-refractivity contribution in [2.24, 2.45) is 7.05 Å². The van der Waals surface area contributed by atoms with Gasteiger partial charge in [0.05, 0.1) is 4.47 Å². The number of aromatic carboxylic acids is 1. The lowest BCUT2D eigenvalue weighted by molar-refractivity contribution is 0.0684. The second-order valence-electron chi connectivity index (χ2n) is 5.13. The minimum absolute atomic E-state index is 0.178. The zero-order chi connectivity index (χ0) is 14.3. The fraction of sp³-hybridized carbons (Fsp3) is 0.333. The summed E-state index contributed by atoms with van der Waals surface area (Å²) in [5.41, 5.74) is 4.62. The van der Waals surface area contributed by atoms with Gasteiger partial charge in [0.25, 0.3) is 0 Å². The van der Waals surface area contributed by atoms with E-state index in [4.69, 9.17) is 0 Å². The zero-order valence-electron chi connectivity index (χ0n) is 11.2. The second kappa shape index (κ2) is 5.05. The van der Waals surface area contributed by atoms with Crippen LogP contribution >= 0.6 is 15.9 Å². The summed E-state index contributed by atoms with van der Waals surface area (Å²) in [5, 5.41) is 13.5. The molecule has 0 bridgehead atoms. The maximum Gasteiger partial charge on any atom is 0.355 e. The number of rotatable bonds is 2. The van der Waals surface area contributed by atoms with E-state index >= 15 is 0 Å². The predicted octanol–water partition coefficient (Wildman–Crippen LogP) is 3.43. The van der Waals surface area contributed by atoms with E-state index in [0.717, 1.165) is 18.4 Å². The van der Waals surface area contributed by atoms with Crippen LogP contribution in [0.4, 0.5) is 0 Å². The number of aromatic nitrogens is 2. The third kappa shape index (κ3) is 2.16. The molecule has 1 heterocycles. The molecule has 0 radical (unpaired) electrons. The fourth-order valence-corrected chi connectivity index (χ4v) is 3.53. The number of halogens is 1. The topological polar surface area (TPSA) is 55.1 Å². The zero-order valence-corrected chi connectivity index (χ0v) is 12.8. The molecule has 0 aliphatic heterocycles. The monoisotopic (exact) mass is 334 g/mol. The van der Waals surface area contributed by atoms with Crippen LogP contribution in [0, 0.1) is 0 Å². The Morgan fingerprint density at radius 1 is 1.30 bits per heavy atom. The van der Waals surface area contributed by atoms with Crippen LogP contribution in [0.1, 0.15) is 34.5 Å². The lowest BCUT2D eigenvalue weighted by atomic mass is 9.90. The van der Waals surface area contributed by atoms with E-state index in [1.54, 1.807) is 7.05 Å². The average Bonchev–Trinajstić information content (AvgIpc) is 2.73. The SMILES string of the molecule is Cn1nc(-c2ccc3c(c2)CCCC3)c(Br)c1C(=O)O. The Morgan fingerprint density at radius 3 is 2.65 bits per heavy atom. The van der Waals surface area contributed by atoms with Gasteiger partial charge in [-0.2, -0.15) is 5.10 Å². The van der Waals surface area contributed by atoms with E-state index in [1.807, 2.05) is 6.07 Å². The maximum absolute atomic E-state index is 11.2. The molecule has 4 nitrogen and oxygen atoms in total. The van der Waals surface area contributed by atoms with Gasteiger partial charge in [-0.05, 0) is 58.8 Å². The molecule has 2 aromatic rings. The van der Waals surface area contributed by atoms with Gasteiger partial charge in [-0.1, -0.05) is 12.1 Å². The maximum atomic E-state index is 11.2. The number of hydrogen-bond donors (Lipinski definition) is 1. The normalized spacial score (nSPS) is 14.1. The summed E-state index contributed by atoms with van der Waals surface area (Å²) >= 11 is 3.37. The van der Waals surface area contributed by atoms with Crippen molar-refractivity contribution in [2.75, 3.05) is 0 Å². The molecule has 1 aromatic carbocycles. The molecule has 0 saturated carbocycles. The quantitative estimate of drug-likeness (QED) is 0.915. The van der Waals surface area contributed by atoms with Gasteiger partial charge in [0.2, 0.25) is 0 Å². The number of carboxylic acids is 1. The Morgan fingerprint density at radius 2 is 2.00 bits per heavy atom. The number of carbonyl (C=O) groups is 1. The Labute approximate surface area is 125 Å². The molecule has 5 heteroatoms. The van der Waals surface area contributed by atoms with Crippen LogP contribution in [0.25, 0.3) is 11.3 Å². The van der Waals surface area contributed by atoms with Gasteiger partial charge in [-0.3, -0.25) is 4.68 Å². The average molecular weight is 335 g/mol. The van der Waals surface area contributed by atoms with Gasteiger partial charge in [0.1, 0.15) is 5.69 Å². The molecule has 1 aromatic heterocycles. The Hall–Kier alpha value is -1.62. The number of carboxylic acid groups (broad SMARTS) is 1. The first-order valence-corrected chi connectivity index (χ1v) is 7.45. The van der Waals surface area contributed by atoms with E-state index < -0.39 is 5.97 Å². The van der Waals surface area contributed by atoms with Crippen LogP contribution < -0.4 is 0 Å². The molecule has 1 N–H and O–H groups in total. The van der Waals surface area contributed by atoms with E-state index in [2.05, 4.69) is 33.2 Å². The Bertz CT molecular complexity index is 691. The van der Waals surface area contributed by atoms with Crippen LogP contribution in [0.5, 0.6) is 0 Å². The highest BCUT2D eigenvalue weighted by Crippen LogP contribution is 2.33. The van der Waals surface area contributed by atoms with Crippen LogP contribution in [-0.2, 0) is 19.9 Å². The molecule has 0 unspecified atom stereocenters. The van der Waals surface area contributed by atoms with Crippen LogP contribution in [-0.4, -0.2) is 20.9 Å². The van der Waals surface area contributed by atoms with Gasteiger partial charge in [0, 0.05) is 12.6 Å². The first-order chi connectivity index (χ1) is 9.58. The molecule has 0 atom stereocenters. The van der Waals surface area contributed by atoms with E-state index in [9.17, 15) is 9.90 Å². The predicted molar refractivity (Wildman–Crippen MR) is 79.9 cm³/mol. The van der Waals surface area contributed by atoms with Crippen LogP contribution in [0.2, 0.25) is 0 Å². The molecule has 1 aliphatic carbocycles. The summed E-state index contributed by atoms with van der Waals surface area (Å²) < 4.78 is 1.95. The van der Waals surface area contributed by atoms with Crippen molar-refractivity contribution in [3.8, 4) is 11.3 Å². The van der Waals surface area contributed by atoms with Gasteiger partial charge in [-0.25, -0.2) is 4.79 Å². The Balaban J connectivity index is 2.10.